The van der Waals surface area contributed by atoms with Crippen LogP contribution in [0.25, 0.3) is 0 Å². The molecule has 132 valence electrons. The summed E-state index contributed by atoms with van der Waals surface area (Å²) in [6.07, 6.45) is 3.95. The van der Waals surface area contributed by atoms with E-state index in [9.17, 15) is 18.0 Å². The molecular formula is C17H14ClF3N2O2. The number of nitrogens with zero attached hydrogens (tertiary/aromatic N) is 2. The molecule has 3 rings (SSSR count). The summed E-state index contributed by atoms with van der Waals surface area (Å²) >= 11 is 6.00. The van der Waals surface area contributed by atoms with Crippen molar-refractivity contribution in [2.45, 2.75) is 18.9 Å². The lowest BCUT2D eigenvalue weighted by molar-refractivity contribution is 0.0532. The summed E-state index contributed by atoms with van der Waals surface area (Å²) in [5.74, 6) is -4.73. The van der Waals surface area contributed by atoms with Crippen LogP contribution in [0.2, 0.25) is 5.02 Å². The number of halogens is 4. The van der Waals surface area contributed by atoms with Crippen molar-refractivity contribution in [3.63, 3.8) is 0 Å². The fourth-order valence-corrected chi connectivity index (χ4v) is 2.88. The second-order valence-corrected chi connectivity index (χ2v) is 6.07. The molecule has 1 amide bonds. The van der Waals surface area contributed by atoms with E-state index in [0.717, 1.165) is 12.1 Å². The van der Waals surface area contributed by atoms with Gasteiger partial charge in [-0.3, -0.25) is 9.78 Å². The zero-order chi connectivity index (χ0) is 18.0. The van der Waals surface area contributed by atoms with Crippen LogP contribution >= 0.6 is 11.6 Å². The lowest BCUT2D eigenvalue weighted by atomic mass is 10.1. The third-order valence-corrected chi connectivity index (χ3v) is 4.24. The summed E-state index contributed by atoms with van der Waals surface area (Å²) in [4.78, 5) is 17.7. The van der Waals surface area contributed by atoms with Crippen molar-refractivity contribution >= 4 is 17.5 Å². The monoisotopic (exact) mass is 370 g/mol. The minimum atomic E-state index is -1.65. The molecule has 0 N–H and O–H groups in total. The lowest BCUT2D eigenvalue weighted by Gasteiger charge is -2.33. The Hall–Kier alpha value is -2.28. The first kappa shape index (κ1) is 17.5. The van der Waals surface area contributed by atoms with E-state index >= 15 is 0 Å². The third-order valence-electron chi connectivity index (χ3n) is 3.96. The number of carbonyl (C=O) groups is 1. The molecule has 1 aromatic carbocycles. The zero-order valence-corrected chi connectivity index (χ0v) is 13.8. The summed E-state index contributed by atoms with van der Waals surface area (Å²) in [7, 11) is 0. The van der Waals surface area contributed by atoms with Crippen LogP contribution in [0.5, 0.6) is 5.75 Å². The van der Waals surface area contributed by atoms with Crippen LogP contribution in [0.3, 0.4) is 0 Å². The highest BCUT2D eigenvalue weighted by molar-refractivity contribution is 6.31. The Bertz CT molecular complexity index is 803. The molecule has 1 unspecified atom stereocenters. The summed E-state index contributed by atoms with van der Waals surface area (Å²) in [5.41, 5.74) is -0.499. The first-order valence-electron chi connectivity index (χ1n) is 7.66. The smallest absolute Gasteiger partial charge is 0.257 e. The van der Waals surface area contributed by atoms with E-state index in [1.807, 2.05) is 0 Å². The Morgan fingerprint density at radius 1 is 1.24 bits per heavy atom. The molecule has 0 bridgehead atoms. The highest BCUT2D eigenvalue weighted by Gasteiger charge is 2.29. The molecule has 1 aromatic heterocycles. The van der Waals surface area contributed by atoms with Crippen LogP contribution in [0.15, 0.2) is 30.6 Å². The van der Waals surface area contributed by atoms with Crippen LogP contribution in [-0.4, -0.2) is 35.0 Å². The molecule has 1 aliphatic rings. The highest BCUT2D eigenvalue weighted by atomic mass is 35.5. The SMILES string of the molecule is O=C(c1ccc(F)c(F)c1F)N1CCCC(Oc2ccncc2Cl)C1. The summed E-state index contributed by atoms with van der Waals surface area (Å²) in [6, 6.07) is 3.29. The summed E-state index contributed by atoms with van der Waals surface area (Å²) in [6.45, 7) is 0.567. The molecule has 4 nitrogen and oxygen atoms in total. The number of rotatable bonds is 3. The normalized spacial score (nSPS) is 17.4. The maximum absolute atomic E-state index is 13.8. The number of hydrogen-bond donors (Lipinski definition) is 0. The van der Waals surface area contributed by atoms with E-state index in [1.54, 1.807) is 6.07 Å². The molecule has 2 heterocycles. The fourth-order valence-electron chi connectivity index (χ4n) is 2.72. The molecule has 8 heteroatoms. The van der Waals surface area contributed by atoms with Crippen molar-refractivity contribution in [1.82, 2.24) is 9.88 Å². The maximum Gasteiger partial charge on any atom is 0.257 e. The molecule has 2 aromatic rings. The molecule has 1 fully saturated rings. The van der Waals surface area contributed by atoms with E-state index in [0.29, 0.717) is 30.2 Å². The number of hydrogen-bond acceptors (Lipinski definition) is 3. The average Bonchev–Trinajstić information content (AvgIpc) is 2.62. The van der Waals surface area contributed by atoms with Crippen LogP contribution in [-0.2, 0) is 0 Å². The van der Waals surface area contributed by atoms with Gasteiger partial charge in [0, 0.05) is 25.0 Å². The Kier molecular flexibility index (Phi) is 5.13. The predicted octanol–water partition coefficient (Wildman–Crippen LogP) is 3.84. The summed E-state index contributed by atoms with van der Waals surface area (Å²) < 4.78 is 46.0. The zero-order valence-electron chi connectivity index (χ0n) is 13.0. The quantitative estimate of drug-likeness (QED) is 0.771. The molecule has 1 saturated heterocycles. The van der Waals surface area contributed by atoms with Crippen molar-refractivity contribution in [1.29, 1.82) is 0 Å². The van der Waals surface area contributed by atoms with Crippen molar-refractivity contribution in [2.75, 3.05) is 13.1 Å². The number of likely N-dealkylation sites (tertiary alicyclic amines) is 1. The lowest BCUT2D eigenvalue weighted by Crippen LogP contribution is -2.44. The van der Waals surface area contributed by atoms with E-state index in [-0.39, 0.29) is 12.6 Å². The average molecular weight is 371 g/mol. The molecule has 25 heavy (non-hydrogen) atoms. The second-order valence-electron chi connectivity index (χ2n) is 5.66. The second kappa shape index (κ2) is 7.31. The molecule has 0 saturated carbocycles. The van der Waals surface area contributed by atoms with Crippen LogP contribution in [0, 0.1) is 17.5 Å². The largest absolute Gasteiger partial charge is 0.487 e. The first-order chi connectivity index (χ1) is 12.0. The van der Waals surface area contributed by atoms with Crippen LogP contribution in [0.1, 0.15) is 23.2 Å². The van der Waals surface area contributed by atoms with E-state index in [4.69, 9.17) is 16.3 Å². The van der Waals surface area contributed by atoms with Gasteiger partial charge in [0.15, 0.2) is 17.5 Å². The number of benzene rings is 1. The van der Waals surface area contributed by atoms with E-state index in [2.05, 4.69) is 4.98 Å². The van der Waals surface area contributed by atoms with Gasteiger partial charge in [-0.05, 0) is 25.0 Å². The van der Waals surface area contributed by atoms with Gasteiger partial charge in [-0.2, -0.15) is 0 Å². The number of amides is 1. The third kappa shape index (κ3) is 3.71. The van der Waals surface area contributed by atoms with Crippen molar-refractivity contribution in [3.05, 3.63) is 58.6 Å². The van der Waals surface area contributed by atoms with Gasteiger partial charge < -0.3 is 9.64 Å². The van der Waals surface area contributed by atoms with Gasteiger partial charge in [-0.1, -0.05) is 11.6 Å². The maximum atomic E-state index is 13.8. The Labute approximate surface area is 147 Å². The minimum Gasteiger partial charge on any atom is -0.487 e. The number of piperidine rings is 1. The Morgan fingerprint density at radius 3 is 2.80 bits per heavy atom. The molecular weight excluding hydrogens is 357 g/mol. The van der Waals surface area contributed by atoms with E-state index < -0.39 is 28.9 Å². The number of aromatic nitrogens is 1. The van der Waals surface area contributed by atoms with Gasteiger partial charge in [-0.15, -0.1) is 0 Å². The van der Waals surface area contributed by atoms with Gasteiger partial charge in [-0.25, -0.2) is 13.2 Å². The molecule has 0 spiro atoms. The first-order valence-corrected chi connectivity index (χ1v) is 8.04. The van der Waals surface area contributed by atoms with Gasteiger partial charge in [0.2, 0.25) is 0 Å². The minimum absolute atomic E-state index is 0.190. The molecule has 0 aliphatic carbocycles. The van der Waals surface area contributed by atoms with Crippen molar-refractivity contribution < 1.29 is 22.7 Å². The Balaban J connectivity index is 1.74. The van der Waals surface area contributed by atoms with Gasteiger partial charge in [0.05, 0.1) is 12.1 Å². The summed E-state index contributed by atoms with van der Waals surface area (Å²) in [5, 5.41) is 0.345. The molecule has 0 radical (unpaired) electrons. The van der Waals surface area contributed by atoms with E-state index in [1.165, 1.54) is 17.3 Å². The molecule has 1 aliphatic heterocycles. The van der Waals surface area contributed by atoms with Crippen LogP contribution < -0.4 is 4.74 Å². The number of pyridine rings is 1. The Morgan fingerprint density at radius 2 is 2.04 bits per heavy atom. The molecule has 1 atom stereocenters. The highest BCUT2D eigenvalue weighted by Crippen LogP contribution is 2.26. The predicted molar refractivity (Wildman–Crippen MR) is 85.1 cm³/mol. The fraction of sp³-hybridized carbons (Fsp3) is 0.294. The van der Waals surface area contributed by atoms with Crippen molar-refractivity contribution in [2.24, 2.45) is 0 Å². The van der Waals surface area contributed by atoms with Gasteiger partial charge in [0.25, 0.3) is 5.91 Å². The van der Waals surface area contributed by atoms with Gasteiger partial charge >= 0.3 is 0 Å². The van der Waals surface area contributed by atoms with Crippen LogP contribution in [0.4, 0.5) is 13.2 Å². The standard InChI is InChI=1S/C17H14ClF3N2O2/c18-12-8-22-6-5-14(12)25-10-2-1-7-23(9-10)17(24)11-3-4-13(19)16(21)15(11)20/h3-6,8,10H,1-2,7,9H2. The van der Waals surface area contributed by atoms with Crippen molar-refractivity contribution in [3.8, 4) is 5.75 Å². The number of carbonyl (C=O) groups excluding carboxylic acids is 1. The number of ether oxygens (including phenoxy) is 1. The van der Waals surface area contributed by atoms with Gasteiger partial charge in [0.1, 0.15) is 16.9 Å². The topological polar surface area (TPSA) is 42.4 Å².